The van der Waals surface area contributed by atoms with Gasteiger partial charge in [0.15, 0.2) is 0 Å². The van der Waals surface area contributed by atoms with Crippen molar-refractivity contribution in [3.8, 4) is 5.75 Å². The van der Waals surface area contributed by atoms with Crippen molar-refractivity contribution in [1.82, 2.24) is 5.32 Å². The van der Waals surface area contributed by atoms with Crippen LogP contribution in [0.1, 0.15) is 18.9 Å². The second-order valence-electron chi connectivity index (χ2n) is 4.32. The van der Waals surface area contributed by atoms with Crippen LogP contribution in [-0.4, -0.2) is 18.2 Å². The van der Waals surface area contributed by atoms with E-state index in [9.17, 15) is 9.50 Å². The minimum absolute atomic E-state index is 0.000648. The highest BCUT2D eigenvalue weighted by Crippen LogP contribution is 2.37. The number of phenols is 1. The first-order valence-electron chi connectivity index (χ1n) is 5.30. The van der Waals surface area contributed by atoms with E-state index in [1.165, 1.54) is 6.07 Å². The van der Waals surface area contributed by atoms with Gasteiger partial charge in [0.2, 0.25) is 0 Å². The Morgan fingerprint density at radius 3 is 2.93 bits per heavy atom. The van der Waals surface area contributed by atoms with Crippen molar-refractivity contribution in [1.29, 1.82) is 0 Å². The summed E-state index contributed by atoms with van der Waals surface area (Å²) in [5.41, 5.74) is -0.793. The molecule has 0 saturated carbocycles. The number of nitrogens with one attached hydrogen (secondary N) is 1. The van der Waals surface area contributed by atoms with Crippen LogP contribution in [0.2, 0.25) is 0 Å². The number of hydrogen-bond acceptors (Lipinski definition) is 2. The summed E-state index contributed by atoms with van der Waals surface area (Å²) in [4.78, 5) is 0. The fourth-order valence-electron chi connectivity index (χ4n) is 2.16. The van der Waals surface area contributed by atoms with Crippen molar-refractivity contribution < 1.29 is 9.50 Å². The van der Waals surface area contributed by atoms with Crippen LogP contribution in [-0.2, 0) is 5.67 Å². The van der Waals surface area contributed by atoms with Gasteiger partial charge >= 0.3 is 0 Å². The summed E-state index contributed by atoms with van der Waals surface area (Å²) in [6.45, 7) is 3.19. The van der Waals surface area contributed by atoms with Gasteiger partial charge in [-0.15, -0.1) is 0 Å². The van der Waals surface area contributed by atoms with E-state index in [-0.39, 0.29) is 11.7 Å². The quantitative estimate of drug-likeness (QED) is 0.782. The lowest BCUT2D eigenvalue weighted by atomic mass is 9.84. The summed E-state index contributed by atoms with van der Waals surface area (Å²) in [6, 6.07) is 6.49. The van der Waals surface area contributed by atoms with Gasteiger partial charge in [0.25, 0.3) is 0 Å². The van der Waals surface area contributed by atoms with Crippen LogP contribution in [0.4, 0.5) is 4.39 Å². The molecule has 1 aromatic rings. The summed E-state index contributed by atoms with van der Waals surface area (Å²) in [6.07, 6.45) is 0.850. The maximum Gasteiger partial charge on any atom is 0.137 e. The van der Waals surface area contributed by atoms with Crippen LogP contribution in [0, 0.1) is 5.92 Å². The second-order valence-corrected chi connectivity index (χ2v) is 4.32. The van der Waals surface area contributed by atoms with E-state index in [1.54, 1.807) is 25.1 Å². The SMILES string of the molecule is CC(F)(c1cccc(O)c1)C1CCNC1. The van der Waals surface area contributed by atoms with Gasteiger partial charge in [0.1, 0.15) is 11.4 Å². The average Bonchev–Trinajstić information content (AvgIpc) is 2.71. The van der Waals surface area contributed by atoms with Gasteiger partial charge in [-0.25, -0.2) is 4.39 Å². The molecule has 82 valence electrons. The normalized spacial score (nSPS) is 25.1. The number of benzene rings is 1. The maximum absolute atomic E-state index is 14.6. The van der Waals surface area contributed by atoms with Crippen LogP contribution in [0.25, 0.3) is 0 Å². The molecular formula is C12H16FNO. The highest BCUT2D eigenvalue weighted by Gasteiger charge is 2.37. The Hall–Kier alpha value is -1.09. The summed E-state index contributed by atoms with van der Waals surface area (Å²) >= 11 is 0. The lowest BCUT2D eigenvalue weighted by molar-refractivity contribution is 0.112. The number of rotatable bonds is 2. The van der Waals surface area contributed by atoms with E-state index in [1.807, 2.05) is 0 Å². The summed E-state index contributed by atoms with van der Waals surface area (Å²) in [5.74, 6) is 0.127. The molecule has 0 aliphatic carbocycles. The number of alkyl halides is 1. The van der Waals surface area contributed by atoms with Crippen LogP contribution in [0.3, 0.4) is 0 Å². The van der Waals surface area contributed by atoms with Gasteiger partial charge in [0, 0.05) is 12.5 Å². The molecule has 15 heavy (non-hydrogen) atoms. The van der Waals surface area contributed by atoms with Gasteiger partial charge in [0.05, 0.1) is 0 Å². The van der Waals surface area contributed by atoms with E-state index >= 15 is 0 Å². The summed E-state index contributed by atoms with van der Waals surface area (Å²) < 4.78 is 14.6. The Balaban J connectivity index is 2.27. The Bertz CT molecular complexity index is 345. The van der Waals surface area contributed by atoms with Crippen molar-refractivity contribution in [3.63, 3.8) is 0 Å². The molecule has 1 saturated heterocycles. The molecule has 0 amide bonds. The molecule has 1 aliphatic heterocycles. The Labute approximate surface area is 89.1 Å². The number of aromatic hydroxyl groups is 1. The van der Waals surface area contributed by atoms with Gasteiger partial charge < -0.3 is 10.4 Å². The Morgan fingerprint density at radius 2 is 2.33 bits per heavy atom. The topological polar surface area (TPSA) is 32.3 Å². The van der Waals surface area contributed by atoms with E-state index in [0.29, 0.717) is 12.1 Å². The van der Waals surface area contributed by atoms with E-state index in [0.717, 1.165) is 13.0 Å². The standard InChI is InChI=1S/C12H16FNO/c1-12(13,10-5-6-14-8-10)9-3-2-4-11(15)7-9/h2-4,7,10,14-15H,5-6,8H2,1H3. The molecule has 2 nitrogen and oxygen atoms in total. The Morgan fingerprint density at radius 1 is 1.53 bits per heavy atom. The predicted octanol–water partition coefficient (Wildman–Crippen LogP) is 2.19. The lowest BCUT2D eigenvalue weighted by Crippen LogP contribution is -2.28. The molecule has 2 atom stereocenters. The molecule has 0 aromatic heterocycles. The minimum atomic E-state index is -1.36. The molecule has 2 N–H and O–H groups in total. The molecule has 2 rings (SSSR count). The molecule has 1 aromatic carbocycles. The molecule has 0 radical (unpaired) electrons. The van der Waals surface area contributed by atoms with Crippen molar-refractivity contribution in [3.05, 3.63) is 29.8 Å². The third kappa shape index (κ3) is 1.97. The average molecular weight is 209 g/mol. The van der Waals surface area contributed by atoms with E-state index < -0.39 is 5.67 Å². The lowest BCUT2D eigenvalue weighted by Gasteiger charge is -2.27. The fourth-order valence-corrected chi connectivity index (χ4v) is 2.16. The van der Waals surface area contributed by atoms with Crippen molar-refractivity contribution >= 4 is 0 Å². The summed E-state index contributed by atoms with van der Waals surface area (Å²) in [5, 5.41) is 12.5. The fraction of sp³-hybridized carbons (Fsp3) is 0.500. The predicted molar refractivity (Wildman–Crippen MR) is 57.5 cm³/mol. The van der Waals surface area contributed by atoms with Gasteiger partial charge in [-0.2, -0.15) is 0 Å². The molecular weight excluding hydrogens is 193 g/mol. The van der Waals surface area contributed by atoms with E-state index in [2.05, 4.69) is 5.32 Å². The highest BCUT2D eigenvalue weighted by atomic mass is 19.1. The third-order valence-electron chi connectivity index (χ3n) is 3.24. The van der Waals surface area contributed by atoms with Crippen LogP contribution < -0.4 is 5.32 Å². The minimum Gasteiger partial charge on any atom is -0.508 e. The molecule has 1 aliphatic rings. The monoisotopic (exact) mass is 209 g/mol. The van der Waals surface area contributed by atoms with Crippen molar-refractivity contribution in [2.75, 3.05) is 13.1 Å². The number of phenolic OH excluding ortho intramolecular Hbond substituents is 1. The number of hydrogen-bond donors (Lipinski definition) is 2. The zero-order valence-corrected chi connectivity index (χ0v) is 8.83. The second kappa shape index (κ2) is 3.81. The molecule has 1 heterocycles. The first kappa shape index (κ1) is 10.4. The third-order valence-corrected chi connectivity index (χ3v) is 3.24. The highest BCUT2D eigenvalue weighted by molar-refractivity contribution is 5.31. The molecule has 0 spiro atoms. The van der Waals surface area contributed by atoms with Crippen LogP contribution >= 0.6 is 0 Å². The molecule has 1 fully saturated rings. The smallest absolute Gasteiger partial charge is 0.137 e. The van der Waals surface area contributed by atoms with Crippen LogP contribution in [0.5, 0.6) is 5.75 Å². The maximum atomic E-state index is 14.6. The van der Waals surface area contributed by atoms with Crippen molar-refractivity contribution in [2.24, 2.45) is 5.92 Å². The molecule has 0 bridgehead atoms. The zero-order valence-electron chi connectivity index (χ0n) is 8.83. The van der Waals surface area contributed by atoms with Gasteiger partial charge in [-0.1, -0.05) is 12.1 Å². The first-order valence-corrected chi connectivity index (χ1v) is 5.30. The molecule has 2 unspecified atom stereocenters. The largest absolute Gasteiger partial charge is 0.508 e. The van der Waals surface area contributed by atoms with E-state index in [4.69, 9.17) is 0 Å². The molecule has 3 heteroatoms. The van der Waals surface area contributed by atoms with Gasteiger partial charge in [-0.05, 0) is 37.6 Å². The van der Waals surface area contributed by atoms with Crippen molar-refractivity contribution in [2.45, 2.75) is 19.0 Å². The zero-order chi connectivity index (χ0) is 10.9. The Kier molecular flexibility index (Phi) is 2.65. The summed E-state index contributed by atoms with van der Waals surface area (Å²) in [7, 11) is 0. The number of halogens is 1. The van der Waals surface area contributed by atoms with Crippen LogP contribution in [0.15, 0.2) is 24.3 Å². The first-order chi connectivity index (χ1) is 7.10. The van der Waals surface area contributed by atoms with Gasteiger partial charge in [-0.3, -0.25) is 0 Å².